The van der Waals surface area contributed by atoms with Crippen LogP contribution in [-0.4, -0.2) is 33.8 Å². The highest BCUT2D eigenvalue weighted by Gasteiger charge is 2.32. The van der Waals surface area contributed by atoms with Crippen LogP contribution in [0.2, 0.25) is 0 Å². The normalized spacial score (nSPS) is 14.1. The molecule has 0 fully saturated rings. The maximum Gasteiger partial charge on any atom is 0.573 e. The number of halogens is 3. The standard InChI is InChI=1S/C16H22F3N3O4S/c1-9(2)13(21-4)7-10(3)15(23)22-27(24,25)11-5-6-12(20)14(8-11)26-16(17,18)19/h5-9,13,21H,20H2,1-4H3,(H,22,23)/b10-7+/t13-/m1/s1. The summed E-state index contributed by atoms with van der Waals surface area (Å²) < 4.78 is 67.3. The molecule has 1 atom stereocenters. The first kappa shape index (κ1) is 22.8. The Bertz CT molecular complexity index is 821. The van der Waals surface area contributed by atoms with Gasteiger partial charge in [-0.3, -0.25) is 4.79 Å². The molecule has 152 valence electrons. The van der Waals surface area contributed by atoms with E-state index < -0.39 is 38.6 Å². The van der Waals surface area contributed by atoms with E-state index in [1.165, 1.54) is 6.92 Å². The highest BCUT2D eigenvalue weighted by Crippen LogP contribution is 2.30. The summed E-state index contributed by atoms with van der Waals surface area (Å²) in [4.78, 5) is 11.6. The predicted molar refractivity (Wildman–Crippen MR) is 94.3 cm³/mol. The lowest BCUT2D eigenvalue weighted by atomic mass is 10.0. The van der Waals surface area contributed by atoms with E-state index in [-0.39, 0.29) is 17.5 Å². The van der Waals surface area contributed by atoms with E-state index in [1.807, 2.05) is 18.6 Å². The average molecular weight is 409 g/mol. The van der Waals surface area contributed by atoms with Gasteiger partial charge < -0.3 is 15.8 Å². The van der Waals surface area contributed by atoms with E-state index in [0.29, 0.717) is 6.07 Å². The first-order valence-corrected chi connectivity index (χ1v) is 9.33. The van der Waals surface area contributed by atoms with Crippen LogP contribution in [0.25, 0.3) is 0 Å². The second kappa shape index (κ2) is 8.61. The van der Waals surface area contributed by atoms with Gasteiger partial charge in [-0.1, -0.05) is 19.9 Å². The summed E-state index contributed by atoms with van der Waals surface area (Å²) in [6.07, 6.45) is -3.48. The second-order valence-electron chi connectivity index (χ2n) is 6.09. The van der Waals surface area contributed by atoms with Crippen LogP contribution in [0.5, 0.6) is 5.75 Å². The molecule has 0 heterocycles. The number of carbonyl (C=O) groups excluding carboxylic acids is 1. The topological polar surface area (TPSA) is 111 Å². The van der Waals surface area contributed by atoms with Crippen molar-refractivity contribution in [2.75, 3.05) is 12.8 Å². The van der Waals surface area contributed by atoms with Gasteiger partial charge in [0.1, 0.15) is 0 Å². The fourth-order valence-electron chi connectivity index (χ4n) is 2.11. The molecule has 1 aromatic carbocycles. The largest absolute Gasteiger partial charge is 0.573 e. The molecule has 0 spiro atoms. The van der Waals surface area contributed by atoms with Crippen LogP contribution in [-0.2, 0) is 14.8 Å². The quantitative estimate of drug-likeness (QED) is 0.470. The number of benzene rings is 1. The van der Waals surface area contributed by atoms with Gasteiger partial charge in [-0.05, 0) is 32.0 Å². The summed E-state index contributed by atoms with van der Waals surface area (Å²) in [5, 5.41) is 2.97. The first-order chi connectivity index (χ1) is 12.3. The summed E-state index contributed by atoms with van der Waals surface area (Å²) in [6.45, 7) is 5.26. The number of nitrogens with one attached hydrogen (secondary N) is 2. The third-order valence-corrected chi connectivity index (χ3v) is 4.92. The van der Waals surface area contributed by atoms with Crippen molar-refractivity contribution in [2.45, 2.75) is 38.1 Å². The lowest BCUT2D eigenvalue weighted by Gasteiger charge is -2.17. The number of likely N-dealkylation sites (N-methyl/N-ethyl adjacent to an activating group) is 1. The van der Waals surface area contributed by atoms with Gasteiger partial charge in [-0.2, -0.15) is 0 Å². The van der Waals surface area contributed by atoms with Crippen LogP contribution >= 0.6 is 0 Å². The molecule has 0 saturated carbocycles. The van der Waals surface area contributed by atoms with Crippen LogP contribution in [0.15, 0.2) is 34.7 Å². The molecule has 1 amide bonds. The minimum Gasteiger partial charge on any atom is -0.404 e. The second-order valence-corrected chi connectivity index (χ2v) is 7.77. The van der Waals surface area contributed by atoms with Crippen molar-refractivity contribution in [3.63, 3.8) is 0 Å². The lowest BCUT2D eigenvalue weighted by Crippen LogP contribution is -2.34. The Balaban J connectivity index is 3.09. The van der Waals surface area contributed by atoms with Crippen molar-refractivity contribution in [3.05, 3.63) is 29.8 Å². The molecular formula is C16H22F3N3O4S. The van der Waals surface area contributed by atoms with E-state index in [9.17, 15) is 26.4 Å². The number of hydrogen-bond acceptors (Lipinski definition) is 6. The Morgan fingerprint density at radius 3 is 2.37 bits per heavy atom. The maximum absolute atomic E-state index is 12.4. The molecule has 7 nitrogen and oxygen atoms in total. The van der Waals surface area contributed by atoms with Crippen molar-refractivity contribution < 1.29 is 31.1 Å². The zero-order chi connectivity index (χ0) is 21.0. The minimum absolute atomic E-state index is 0.133. The van der Waals surface area contributed by atoms with Gasteiger partial charge in [-0.25, -0.2) is 13.1 Å². The number of hydrogen-bond donors (Lipinski definition) is 3. The maximum atomic E-state index is 12.4. The van der Waals surface area contributed by atoms with Crippen LogP contribution in [0.3, 0.4) is 0 Å². The SMILES string of the molecule is CN[C@H](/C=C(\C)C(=O)NS(=O)(=O)c1ccc(N)c(OC(F)(F)F)c1)C(C)C. The predicted octanol–water partition coefficient (Wildman–Crippen LogP) is 2.16. The van der Waals surface area contributed by atoms with Crippen LogP contribution in [0.4, 0.5) is 18.9 Å². The molecule has 0 saturated heterocycles. The molecule has 11 heteroatoms. The number of carbonyl (C=O) groups is 1. The zero-order valence-corrected chi connectivity index (χ0v) is 16.0. The minimum atomic E-state index is -5.04. The van der Waals surface area contributed by atoms with E-state index in [0.717, 1.165) is 12.1 Å². The molecule has 0 bridgehead atoms. The van der Waals surface area contributed by atoms with Gasteiger partial charge in [0.2, 0.25) is 0 Å². The number of amides is 1. The van der Waals surface area contributed by atoms with Gasteiger partial charge in [0.25, 0.3) is 15.9 Å². The van der Waals surface area contributed by atoms with Crippen LogP contribution in [0, 0.1) is 5.92 Å². The van der Waals surface area contributed by atoms with Crippen molar-refractivity contribution in [1.82, 2.24) is 10.0 Å². The molecule has 4 N–H and O–H groups in total. The van der Waals surface area contributed by atoms with Crippen LogP contribution < -0.4 is 20.5 Å². The number of anilines is 1. The molecular weight excluding hydrogens is 387 g/mol. The van der Waals surface area contributed by atoms with E-state index in [2.05, 4.69) is 10.1 Å². The molecule has 0 aliphatic heterocycles. The fourth-order valence-corrected chi connectivity index (χ4v) is 3.14. The average Bonchev–Trinajstić information content (AvgIpc) is 2.52. The molecule has 0 radical (unpaired) electrons. The third kappa shape index (κ3) is 6.75. The number of ether oxygens (including phenoxy) is 1. The summed E-state index contributed by atoms with van der Waals surface area (Å²) in [5.41, 5.74) is 5.10. The smallest absolute Gasteiger partial charge is 0.404 e. The molecule has 1 aromatic rings. The molecule has 0 aliphatic carbocycles. The Morgan fingerprint density at radius 2 is 1.89 bits per heavy atom. The van der Waals surface area contributed by atoms with Gasteiger partial charge in [0.15, 0.2) is 5.75 Å². The van der Waals surface area contributed by atoms with Gasteiger partial charge in [-0.15, -0.1) is 13.2 Å². The van der Waals surface area contributed by atoms with E-state index in [1.54, 1.807) is 13.1 Å². The van der Waals surface area contributed by atoms with E-state index >= 15 is 0 Å². The summed E-state index contributed by atoms with van der Waals surface area (Å²) in [5.74, 6) is -1.63. The van der Waals surface area contributed by atoms with Gasteiger partial charge >= 0.3 is 6.36 Å². The Labute approximate surface area is 155 Å². The van der Waals surface area contributed by atoms with Crippen molar-refractivity contribution >= 4 is 21.6 Å². The number of nitrogen functional groups attached to an aromatic ring is 1. The number of alkyl halides is 3. The van der Waals surface area contributed by atoms with Crippen LogP contribution in [0.1, 0.15) is 20.8 Å². The van der Waals surface area contributed by atoms with E-state index in [4.69, 9.17) is 5.73 Å². The molecule has 0 unspecified atom stereocenters. The molecule has 27 heavy (non-hydrogen) atoms. The Kier molecular flexibility index (Phi) is 7.26. The highest BCUT2D eigenvalue weighted by atomic mass is 32.2. The summed E-state index contributed by atoms with van der Waals surface area (Å²) in [7, 11) is -2.73. The third-order valence-electron chi connectivity index (χ3n) is 3.59. The van der Waals surface area contributed by atoms with Crippen molar-refractivity contribution in [3.8, 4) is 5.75 Å². The summed E-state index contributed by atoms with van der Waals surface area (Å²) in [6, 6.07) is 2.35. The van der Waals surface area contributed by atoms with Crippen molar-refractivity contribution in [1.29, 1.82) is 0 Å². The van der Waals surface area contributed by atoms with Crippen molar-refractivity contribution in [2.24, 2.45) is 5.92 Å². The zero-order valence-electron chi connectivity index (χ0n) is 15.2. The Hall–Kier alpha value is -2.27. The van der Waals surface area contributed by atoms with Gasteiger partial charge in [0.05, 0.1) is 10.6 Å². The first-order valence-electron chi connectivity index (χ1n) is 7.85. The molecule has 0 aromatic heterocycles. The monoisotopic (exact) mass is 409 g/mol. The fraction of sp³-hybridized carbons (Fsp3) is 0.438. The molecule has 1 rings (SSSR count). The summed E-state index contributed by atoms with van der Waals surface area (Å²) >= 11 is 0. The number of nitrogens with two attached hydrogens (primary N) is 1. The Morgan fingerprint density at radius 1 is 1.30 bits per heavy atom. The number of rotatable bonds is 7. The highest BCUT2D eigenvalue weighted by molar-refractivity contribution is 7.90. The van der Waals surface area contributed by atoms with Gasteiger partial charge in [0, 0.05) is 17.7 Å². The molecule has 0 aliphatic rings. The lowest BCUT2D eigenvalue weighted by molar-refractivity contribution is -0.274. The number of sulfonamides is 1.